The minimum Gasteiger partial charge on any atom is -0.445 e. The Balaban J connectivity index is 2.56. The first-order valence-corrected chi connectivity index (χ1v) is 8.27. The van der Waals surface area contributed by atoms with Gasteiger partial charge in [0.1, 0.15) is 12.2 Å². The molecular formula is C17H30N2O5. The van der Waals surface area contributed by atoms with Crippen molar-refractivity contribution >= 4 is 12.2 Å². The van der Waals surface area contributed by atoms with Crippen LogP contribution in [0.4, 0.5) is 9.59 Å². The number of ether oxygens (including phenoxy) is 2. The molecule has 2 unspecified atom stereocenters. The minimum absolute atomic E-state index is 0.0514. The van der Waals surface area contributed by atoms with Crippen molar-refractivity contribution in [3.8, 4) is 0 Å². The zero-order valence-corrected chi connectivity index (χ0v) is 15.1. The van der Waals surface area contributed by atoms with Gasteiger partial charge in [0, 0.05) is 25.6 Å². The molecule has 0 aliphatic carbocycles. The number of nitrogens with zero attached hydrogens (tertiary/aromatic N) is 1. The summed E-state index contributed by atoms with van der Waals surface area (Å²) in [5.74, 6) is -0.154. The second kappa shape index (κ2) is 8.37. The lowest BCUT2D eigenvalue weighted by molar-refractivity contribution is -0.0383. The van der Waals surface area contributed by atoms with Gasteiger partial charge in [0.05, 0.1) is 5.60 Å². The molecule has 2 amide bonds. The summed E-state index contributed by atoms with van der Waals surface area (Å²) in [4.78, 5) is 25.3. The van der Waals surface area contributed by atoms with Gasteiger partial charge in [0.15, 0.2) is 0 Å². The highest BCUT2D eigenvalue weighted by molar-refractivity contribution is 5.68. The van der Waals surface area contributed by atoms with Crippen molar-refractivity contribution in [2.75, 3.05) is 26.2 Å². The van der Waals surface area contributed by atoms with E-state index in [9.17, 15) is 14.7 Å². The molecule has 0 saturated carbocycles. The third-order valence-electron chi connectivity index (χ3n) is 3.88. The van der Waals surface area contributed by atoms with Gasteiger partial charge in [0.25, 0.3) is 0 Å². The van der Waals surface area contributed by atoms with Crippen molar-refractivity contribution < 1.29 is 24.2 Å². The Bertz CT molecular complexity index is 456. The van der Waals surface area contributed by atoms with Crippen molar-refractivity contribution in [2.24, 2.45) is 5.92 Å². The summed E-state index contributed by atoms with van der Waals surface area (Å²) in [7, 11) is 0. The molecule has 7 heteroatoms. The molecule has 1 saturated heterocycles. The van der Waals surface area contributed by atoms with E-state index in [1.807, 2.05) is 20.8 Å². The highest BCUT2D eigenvalue weighted by Gasteiger charge is 2.37. The number of hydrogen-bond donors (Lipinski definition) is 2. The van der Waals surface area contributed by atoms with Gasteiger partial charge in [-0.1, -0.05) is 12.7 Å². The average molecular weight is 342 g/mol. The molecule has 24 heavy (non-hydrogen) atoms. The van der Waals surface area contributed by atoms with Crippen LogP contribution < -0.4 is 5.32 Å². The van der Waals surface area contributed by atoms with Crippen molar-refractivity contribution in [3.05, 3.63) is 12.7 Å². The summed E-state index contributed by atoms with van der Waals surface area (Å²) < 4.78 is 10.2. The Hall–Kier alpha value is -1.76. The van der Waals surface area contributed by atoms with Crippen LogP contribution in [-0.4, -0.2) is 59.6 Å². The molecule has 1 heterocycles. The molecule has 2 atom stereocenters. The number of likely N-dealkylation sites (tertiary alicyclic amines) is 1. The van der Waals surface area contributed by atoms with Crippen LogP contribution in [0.3, 0.4) is 0 Å². The number of amides is 2. The van der Waals surface area contributed by atoms with Crippen LogP contribution in [-0.2, 0) is 9.47 Å². The summed E-state index contributed by atoms with van der Waals surface area (Å²) in [6, 6.07) is 0. The van der Waals surface area contributed by atoms with Crippen LogP contribution in [0.2, 0.25) is 0 Å². The van der Waals surface area contributed by atoms with E-state index in [-0.39, 0.29) is 25.2 Å². The van der Waals surface area contributed by atoms with Gasteiger partial charge in [-0.2, -0.15) is 0 Å². The third-order valence-corrected chi connectivity index (χ3v) is 3.88. The van der Waals surface area contributed by atoms with E-state index in [0.717, 1.165) is 12.8 Å². The van der Waals surface area contributed by atoms with Crippen LogP contribution in [0, 0.1) is 5.92 Å². The summed E-state index contributed by atoms with van der Waals surface area (Å²) in [6.45, 7) is 11.7. The topological polar surface area (TPSA) is 88.1 Å². The number of piperidine rings is 1. The fourth-order valence-electron chi connectivity index (χ4n) is 2.56. The molecule has 0 aromatic heterocycles. The monoisotopic (exact) mass is 342 g/mol. The van der Waals surface area contributed by atoms with Crippen molar-refractivity contribution in [1.29, 1.82) is 0 Å². The molecule has 138 valence electrons. The van der Waals surface area contributed by atoms with E-state index in [1.165, 1.54) is 6.08 Å². The maximum absolute atomic E-state index is 12.2. The molecule has 1 aliphatic rings. The van der Waals surface area contributed by atoms with Gasteiger partial charge in [0.2, 0.25) is 0 Å². The molecule has 2 N–H and O–H groups in total. The van der Waals surface area contributed by atoms with E-state index >= 15 is 0 Å². The zero-order valence-electron chi connectivity index (χ0n) is 15.1. The first-order valence-electron chi connectivity index (χ1n) is 8.27. The van der Waals surface area contributed by atoms with Crippen molar-refractivity contribution in [1.82, 2.24) is 10.2 Å². The first-order chi connectivity index (χ1) is 11.0. The van der Waals surface area contributed by atoms with Gasteiger partial charge in [-0.15, -0.1) is 0 Å². The third kappa shape index (κ3) is 6.78. The lowest BCUT2D eigenvalue weighted by Crippen LogP contribution is -2.53. The Morgan fingerprint density at radius 3 is 2.62 bits per heavy atom. The summed E-state index contributed by atoms with van der Waals surface area (Å²) >= 11 is 0. The van der Waals surface area contributed by atoms with Gasteiger partial charge in [-0.05, 0) is 40.5 Å². The predicted octanol–water partition coefficient (Wildman–Crippen LogP) is 2.30. The van der Waals surface area contributed by atoms with Crippen LogP contribution in [0.5, 0.6) is 0 Å². The van der Waals surface area contributed by atoms with Crippen LogP contribution in [0.15, 0.2) is 12.7 Å². The number of carbonyl (C=O) groups excluding carboxylic acids is 2. The minimum atomic E-state index is -1.14. The van der Waals surface area contributed by atoms with Gasteiger partial charge < -0.3 is 24.8 Å². The molecule has 0 aromatic carbocycles. The van der Waals surface area contributed by atoms with E-state index in [4.69, 9.17) is 9.47 Å². The fraction of sp³-hybridized carbons (Fsp3) is 0.765. The number of alkyl carbamates (subject to hydrolysis) is 1. The highest BCUT2D eigenvalue weighted by Crippen LogP contribution is 2.28. The second-order valence-electron chi connectivity index (χ2n) is 7.36. The Labute approximate surface area is 144 Å². The van der Waals surface area contributed by atoms with E-state index in [2.05, 4.69) is 11.9 Å². The molecule has 0 aromatic rings. The van der Waals surface area contributed by atoms with Crippen LogP contribution in [0.1, 0.15) is 40.5 Å². The molecule has 0 bridgehead atoms. The molecule has 0 spiro atoms. The quantitative estimate of drug-likeness (QED) is 0.749. The number of hydrogen-bond acceptors (Lipinski definition) is 5. The van der Waals surface area contributed by atoms with Crippen molar-refractivity contribution in [2.45, 2.75) is 51.7 Å². The van der Waals surface area contributed by atoms with Crippen LogP contribution in [0.25, 0.3) is 0 Å². The smallest absolute Gasteiger partial charge is 0.410 e. The number of aliphatic hydroxyl groups is 1. The Morgan fingerprint density at radius 2 is 2.04 bits per heavy atom. The van der Waals surface area contributed by atoms with Crippen LogP contribution >= 0.6 is 0 Å². The molecule has 7 nitrogen and oxygen atoms in total. The molecule has 1 aliphatic heterocycles. The van der Waals surface area contributed by atoms with Crippen molar-refractivity contribution in [3.63, 3.8) is 0 Å². The van der Waals surface area contributed by atoms with Gasteiger partial charge in [-0.25, -0.2) is 9.59 Å². The molecular weight excluding hydrogens is 312 g/mol. The van der Waals surface area contributed by atoms with Gasteiger partial charge in [-0.3, -0.25) is 0 Å². The van der Waals surface area contributed by atoms with E-state index in [1.54, 1.807) is 11.8 Å². The lowest BCUT2D eigenvalue weighted by atomic mass is 9.83. The maximum Gasteiger partial charge on any atom is 0.410 e. The first kappa shape index (κ1) is 20.3. The SMILES string of the molecule is C=CCOC(=O)NCC(C)(O)C1CCCN(C(=O)OC(C)(C)C)C1. The number of nitrogens with one attached hydrogen (secondary N) is 1. The standard InChI is InChI=1S/C17H30N2O5/c1-6-10-23-14(20)18-12-17(5,22)13-8-7-9-19(11-13)15(21)24-16(2,3)4/h6,13,22H,1,7-12H2,2-5H3,(H,18,20). The number of carbonyl (C=O) groups is 2. The normalized spacial score (nSPS) is 20.7. The molecule has 1 rings (SSSR count). The largest absolute Gasteiger partial charge is 0.445 e. The highest BCUT2D eigenvalue weighted by atomic mass is 16.6. The molecule has 1 fully saturated rings. The zero-order chi connectivity index (χ0) is 18.4. The summed E-state index contributed by atoms with van der Waals surface area (Å²) in [5.41, 5.74) is -1.70. The second-order valence-corrected chi connectivity index (χ2v) is 7.36. The Morgan fingerprint density at radius 1 is 1.38 bits per heavy atom. The predicted molar refractivity (Wildman–Crippen MR) is 90.7 cm³/mol. The summed E-state index contributed by atoms with van der Waals surface area (Å²) in [5, 5.41) is 13.2. The van der Waals surface area contributed by atoms with E-state index < -0.39 is 17.3 Å². The molecule has 0 radical (unpaired) electrons. The fourth-order valence-corrected chi connectivity index (χ4v) is 2.56. The van der Waals surface area contributed by atoms with Gasteiger partial charge >= 0.3 is 12.2 Å². The lowest BCUT2D eigenvalue weighted by Gasteiger charge is -2.40. The van der Waals surface area contributed by atoms with E-state index in [0.29, 0.717) is 13.1 Å². The Kier molecular flexibility index (Phi) is 7.08. The average Bonchev–Trinajstić information content (AvgIpc) is 2.49. The summed E-state index contributed by atoms with van der Waals surface area (Å²) in [6.07, 6.45) is 2.05. The maximum atomic E-state index is 12.2. The number of rotatable bonds is 5.